The van der Waals surface area contributed by atoms with Gasteiger partial charge in [0.25, 0.3) is 5.91 Å². The van der Waals surface area contributed by atoms with Crippen LogP contribution < -0.4 is 20.7 Å². The minimum Gasteiger partial charge on any atom is -0.493 e. The van der Waals surface area contributed by atoms with E-state index in [1.807, 2.05) is 0 Å². The van der Waals surface area contributed by atoms with E-state index in [-0.39, 0.29) is 6.61 Å². The van der Waals surface area contributed by atoms with Crippen molar-refractivity contribution >= 4 is 17.5 Å². The van der Waals surface area contributed by atoms with Gasteiger partial charge < -0.3 is 20.0 Å². The van der Waals surface area contributed by atoms with Gasteiger partial charge in [0.05, 0.1) is 18.7 Å². The first kappa shape index (κ1) is 17.6. The summed E-state index contributed by atoms with van der Waals surface area (Å²) in [6, 6.07) is 3.47. The zero-order chi connectivity index (χ0) is 15.8. The highest BCUT2D eigenvalue weighted by molar-refractivity contribution is 6.32. The fourth-order valence-electron chi connectivity index (χ4n) is 1.52. The predicted octanol–water partition coefficient (Wildman–Crippen LogP) is 1.89. The Labute approximate surface area is 129 Å². The van der Waals surface area contributed by atoms with Gasteiger partial charge in [-0.05, 0) is 23.6 Å². The van der Waals surface area contributed by atoms with Gasteiger partial charge in [0.15, 0.2) is 18.1 Å². The molecule has 6 nitrogen and oxygen atoms in total. The molecule has 0 aliphatic carbocycles. The van der Waals surface area contributed by atoms with Gasteiger partial charge in [-0.25, -0.2) is 0 Å². The molecule has 0 unspecified atom stereocenters. The SMILES string of the molecule is COc1cc(CNOCC(C)C)cc(Cl)c1OCC(N)=O. The summed E-state index contributed by atoms with van der Waals surface area (Å²) < 4.78 is 10.5. The van der Waals surface area contributed by atoms with Crippen LogP contribution in [-0.2, 0) is 16.2 Å². The lowest BCUT2D eigenvalue weighted by molar-refractivity contribution is -0.119. The Bertz CT molecular complexity index is 480. The highest BCUT2D eigenvalue weighted by Gasteiger charge is 2.13. The Balaban J connectivity index is 2.71. The number of nitrogens with one attached hydrogen (secondary N) is 1. The number of carbonyl (C=O) groups excluding carboxylic acids is 1. The molecule has 0 fully saturated rings. The minimum absolute atomic E-state index is 0.259. The van der Waals surface area contributed by atoms with Crippen LogP contribution in [0.2, 0.25) is 5.02 Å². The number of ether oxygens (including phenoxy) is 2. The number of carbonyl (C=O) groups is 1. The number of methoxy groups -OCH3 is 1. The molecule has 118 valence electrons. The molecule has 0 atom stereocenters. The second-order valence-electron chi connectivity index (χ2n) is 4.89. The van der Waals surface area contributed by atoms with Crippen molar-refractivity contribution in [2.24, 2.45) is 11.7 Å². The topological polar surface area (TPSA) is 82.8 Å². The van der Waals surface area contributed by atoms with Crippen LogP contribution in [0, 0.1) is 5.92 Å². The molecule has 21 heavy (non-hydrogen) atoms. The molecular weight excluding hydrogens is 296 g/mol. The summed E-state index contributed by atoms with van der Waals surface area (Å²) >= 11 is 6.13. The summed E-state index contributed by atoms with van der Waals surface area (Å²) in [6.07, 6.45) is 0. The molecule has 1 rings (SSSR count). The van der Waals surface area contributed by atoms with Gasteiger partial charge in [-0.2, -0.15) is 5.48 Å². The van der Waals surface area contributed by atoms with E-state index >= 15 is 0 Å². The van der Waals surface area contributed by atoms with Gasteiger partial charge in [-0.3, -0.25) is 4.79 Å². The van der Waals surface area contributed by atoms with Gasteiger partial charge in [-0.1, -0.05) is 25.4 Å². The normalized spacial score (nSPS) is 10.7. The van der Waals surface area contributed by atoms with Gasteiger partial charge in [-0.15, -0.1) is 0 Å². The third-order valence-corrected chi connectivity index (χ3v) is 2.72. The Morgan fingerprint density at radius 2 is 2.14 bits per heavy atom. The average Bonchev–Trinajstić information content (AvgIpc) is 2.41. The van der Waals surface area contributed by atoms with E-state index in [4.69, 9.17) is 31.6 Å². The van der Waals surface area contributed by atoms with Crippen LogP contribution in [0.15, 0.2) is 12.1 Å². The van der Waals surface area contributed by atoms with Crippen molar-refractivity contribution < 1.29 is 19.1 Å². The van der Waals surface area contributed by atoms with Crippen LogP contribution >= 0.6 is 11.6 Å². The molecule has 0 saturated heterocycles. The molecule has 3 N–H and O–H groups in total. The van der Waals surface area contributed by atoms with Crippen LogP contribution in [0.1, 0.15) is 19.4 Å². The summed E-state index contributed by atoms with van der Waals surface area (Å²) in [5.41, 5.74) is 8.76. The quantitative estimate of drug-likeness (QED) is 0.537. The second kappa shape index (κ2) is 8.71. The number of amides is 1. The maximum Gasteiger partial charge on any atom is 0.255 e. The fraction of sp³-hybridized carbons (Fsp3) is 0.500. The van der Waals surface area contributed by atoms with Crippen molar-refractivity contribution in [2.45, 2.75) is 20.4 Å². The van der Waals surface area contributed by atoms with E-state index < -0.39 is 5.91 Å². The van der Waals surface area contributed by atoms with Crippen LogP contribution in [0.5, 0.6) is 11.5 Å². The highest BCUT2D eigenvalue weighted by atomic mass is 35.5. The average molecular weight is 317 g/mol. The van der Waals surface area contributed by atoms with Crippen molar-refractivity contribution in [3.05, 3.63) is 22.7 Å². The molecule has 1 amide bonds. The van der Waals surface area contributed by atoms with Crippen molar-refractivity contribution in [3.63, 3.8) is 0 Å². The smallest absolute Gasteiger partial charge is 0.255 e. The van der Waals surface area contributed by atoms with E-state index in [9.17, 15) is 4.79 Å². The van der Waals surface area contributed by atoms with Gasteiger partial charge in [0.1, 0.15) is 0 Å². The number of hydroxylamine groups is 1. The summed E-state index contributed by atoms with van der Waals surface area (Å²) in [5, 5.41) is 0.344. The predicted molar refractivity (Wildman–Crippen MR) is 80.3 cm³/mol. The Kier molecular flexibility index (Phi) is 7.28. The molecular formula is C14H21ClN2O4. The lowest BCUT2D eigenvalue weighted by Gasteiger charge is -2.14. The van der Waals surface area contributed by atoms with Gasteiger partial charge in [0, 0.05) is 6.54 Å². The third kappa shape index (κ3) is 6.20. The molecule has 0 bridgehead atoms. The van der Waals surface area contributed by atoms with E-state index in [0.717, 1.165) is 5.56 Å². The van der Waals surface area contributed by atoms with Crippen LogP contribution in [0.25, 0.3) is 0 Å². The number of benzene rings is 1. The van der Waals surface area contributed by atoms with Crippen LogP contribution in [0.4, 0.5) is 0 Å². The molecule has 0 saturated carbocycles. The van der Waals surface area contributed by atoms with E-state index in [0.29, 0.717) is 35.6 Å². The van der Waals surface area contributed by atoms with E-state index in [1.54, 1.807) is 12.1 Å². The first-order chi connectivity index (χ1) is 9.93. The first-order valence-corrected chi connectivity index (χ1v) is 6.94. The molecule has 0 aliphatic rings. The molecule has 7 heteroatoms. The summed E-state index contributed by atoms with van der Waals surface area (Å²) in [7, 11) is 1.50. The van der Waals surface area contributed by atoms with Crippen molar-refractivity contribution in [2.75, 3.05) is 20.3 Å². The molecule has 0 heterocycles. The lowest BCUT2D eigenvalue weighted by atomic mass is 10.2. The number of primary amides is 1. The summed E-state index contributed by atoms with van der Waals surface area (Å²) in [6.45, 7) is 4.95. The lowest BCUT2D eigenvalue weighted by Crippen LogP contribution is -2.20. The largest absolute Gasteiger partial charge is 0.493 e. The number of rotatable bonds is 9. The minimum atomic E-state index is -0.582. The molecule has 0 radical (unpaired) electrons. The monoisotopic (exact) mass is 316 g/mol. The number of hydrogen-bond acceptors (Lipinski definition) is 5. The van der Waals surface area contributed by atoms with E-state index in [2.05, 4.69) is 19.3 Å². The van der Waals surface area contributed by atoms with E-state index in [1.165, 1.54) is 7.11 Å². The summed E-state index contributed by atoms with van der Waals surface area (Å²) in [5.74, 6) is 0.593. The van der Waals surface area contributed by atoms with Crippen LogP contribution in [-0.4, -0.2) is 26.2 Å². The maximum absolute atomic E-state index is 10.8. The third-order valence-electron chi connectivity index (χ3n) is 2.44. The van der Waals surface area contributed by atoms with Crippen LogP contribution in [0.3, 0.4) is 0 Å². The Hall–Kier alpha value is -1.50. The maximum atomic E-state index is 10.8. The Morgan fingerprint density at radius 1 is 1.43 bits per heavy atom. The summed E-state index contributed by atoms with van der Waals surface area (Å²) in [4.78, 5) is 16.1. The molecule has 0 spiro atoms. The van der Waals surface area contributed by atoms with Gasteiger partial charge >= 0.3 is 0 Å². The molecule has 1 aromatic rings. The first-order valence-electron chi connectivity index (χ1n) is 6.56. The van der Waals surface area contributed by atoms with Crippen molar-refractivity contribution in [1.29, 1.82) is 0 Å². The van der Waals surface area contributed by atoms with Gasteiger partial charge in [0.2, 0.25) is 0 Å². The highest BCUT2D eigenvalue weighted by Crippen LogP contribution is 2.36. The van der Waals surface area contributed by atoms with Crippen molar-refractivity contribution in [3.8, 4) is 11.5 Å². The Morgan fingerprint density at radius 3 is 2.71 bits per heavy atom. The zero-order valence-corrected chi connectivity index (χ0v) is 13.2. The van der Waals surface area contributed by atoms with Crippen molar-refractivity contribution in [1.82, 2.24) is 5.48 Å². The molecule has 0 aliphatic heterocycles. The standard InChI is InChI=1S/C14H21ClN2O4/c1-9(2)7-21-17-6-10-4-11(15)14(12(5-10)19-3)20-8-13(16)18/h4-5,9,17H,6-8H2,1-3H3,(H2,16,18). The number of hydrogen-bond donors (Lipinski definition) is 2. The molecule has 1 aromatic carbocycles. The fourth-order valence-corrected chi connectivity index (χ4v) is 1.81. The number of nitrogens with two attached hydrogens (primary N) is 1. The second-order valence-corrected chi connectivity index (χ2v) is 5.30. The molecule has 0 aromatic heterocycles. The number of halogens is 1. The zero-order valence-electron chi connectivity index (χ0n) is 12.4.